The van der Waals surface area contributed by atoms with Gasteiger partial charge in [0.15, 0.2) is 0 Å². The molecule has 1 aromatic heterocycles. The quantitative estimate of drug-likeness (QED) is 0.827. The van der Waals surface area contributed by atoms with Gasteiger partial charge in [-0.05, 0) is 44.6 Å². The van der Waals surface area contributed by atoms with E-state index in [4.69, 9.17) is 0 Å². The minimum Gasteiger partial charge on any atom is -0.347 e. The Labute approximate surface area is 144 Å². The Kier molecular flexibility index (Phi) is 6.40. The van der Waals surface area contributed by atoms with Crippen molar-refractivity contribution in [3.63, 3.8) is 0 Å². The molecule has 1 saturated heterocycles. The molecule has 0 aliphatic carbocycles. The van der Waals surface area contributed by atoms with Crippen molar-refractivity contribution in [3.8, 4) is 0 Å². The summed E-state index contributed by atoms with van der Waals surface area (Å²) in [6, 6.07) is 0. The van der Waals surface area contributed by atoms with Crippen molar-refractivity contribution in [1.29, 1.82) is 0 Å². The molecule has 0 aromatic carbocycles. The largest absolute Gasteiger partial charge is 0.347 e. The van der Waals surface area contributed by atoms with Crippen LogP contribution in [0.1, 0.15) is 50.1 Å². The molecule has 2 amide bonds. The number of nitrogens with one attached hydrogen (secondary N) is 1. The number of nitrogens with zero attached hydrogens (tertiary/aromatic N) is 3. The minimum absolute atomic E-state index is 0.0259. The molecule has 0 atom stereocenters. The summed E-state index contributed by atoms with van der Waals surface area (Å²) in [4.78, 5) is 25.8. The molecule has 0 radical (unpaired) electrons. The summed E-state index contributed by atoms with van der Waals surface area (Å²) in [5.41, 5.74) is 3.29. The third-order valence-corrected chi connectivity index (χ3v) is 4.57. The van der Waals surface area contributed by atoms with Gasteiger partial charge in [0.25, 0.3) is 0 Å². The van der Waals surface area contributed by atoms with Gasteiger partial charge in [-0.2, -0.15) is 5.10 Å². The van der Waals surface area contributed by atoms with Crippen LogP contribution in [0.2, 0.25) is 0 Å². The summed E-state index contributed by atoms with van der Waals surface area (Å²) in [6.07, 6.45) is 3.19. The van der Waals surface area contributed by atoms with E-state index in [0.717, 1.165) is 49.4 Å². The Balaban J connectivity index is 1.81. The van der Waals surface area contributed by atoms with E-state index in [0.29, 0.717) is 18.8 Å². The molecular weight excluding hydrogens is 304 g/mol. The zero-order chi connectivity index (χ0) is 17.7. The highest BCUT2D eigenvalue weighted by atomic mass is 16.2. The molecule has 0 saturated carbocycles. The van der Waals surface area contributed by atoms with Gasteiger partial charge in [0.1, 0.15) is 0 Å². The van der Waals surface area contributed by atoms with Gasteiger partial charge in [0.05, 0.1) is 12.2 Å². The zero-order valence-electron chi connectivity index (χ0n) is 15.4. The van der Waals surface area contributed by atoms with Crippen LogP contribution in [0.25, 0.3) is 0 Å². The van der Waals surface area contributed by atoms with E-state index >= 15 is 0 Å². The summed E-state index contributed by atoms with van der Waals surface area (Å²) in [5, 5.41) is 7.33. The highest BCUT2D eigenvalue weighted by molar-refractivity contribution is 5.84. The number of hydrogen-bond acceptors (Lipinski definition) is 3. The van der Waals surface area contributed by atoms with Crippen LogP contribution >= 0.6 is 0 Å². The maximum absolute atomic E-state index is 12.0. The van der Waals surface area contributed by atoms with Crippen molar-refractivity contribution >= 4 is 11.8 Å². The first-order valence-electron chi connectivity index (χ1n) is 8.95. The average Bonchev–Trinajstić information content (AvgIpc) is 3.13. The van der Waals surface area contributed by atoms with Crippen LogP contribution in [-0.4, -0.2) is 46.1 Å². The molecule has 1 fully saturated rings. The molecule has 24 heavy (non-hydrogen) atoms. The Morgan fingerprint density at radius 2 is 1.88 bits per heavy atom. The van der Waals surface area contributed by atoms with Gasteiger partial charge in [0.2, 0.25) is 11.8 Å². The smallest absolute Gasteiger partial charge is 0.241 e. The highest BCUT2D eigenvalue weighted by Gasteiger charge is 2.18. The topological polar surface area (TPSA) is 67.2 Å². The summed E-state index contributed by atoms with van der Waals surface area (Å²) in [7, 11) is 0. The number of likely N-dealkylation sites (tertiary alicyclic amines) is 1. The molecule has 1 aliphatic heterocycles. The lowest BCUT2D eigenvalue weighted by atomic mass is 10.1. The molecule has 1 N–H and O–H groups in total. The summed E-state index contributed by atoms with van der Waals surface area (Å²) >= 11 is 0. The van der Waals surface area contributed by atoms with Crippen molar-refractivity contribution in [3.05, 3.63) is 17.0 Å². The van der Waals surface area contributed by atoms with Gasteiger partial charge >= 0.3 is 0 Å². The van der Waals surface area contributed by atoms with Crippen LogP contribution in [0, 0.1) is 19.8 Å². The van der Waals surface area contributed by atoms with E-state index in [1.807, 2.05) is 16.5 Å². The lowest BCUT2D eigenvalue weighted by Gasteiger charge is -2.15. The van der Waals surface area contributed by atoms with Gasteiger partial charge in [-0.15, -0.1) is 0 Å². The van der Waals surface area contributed by atoms with Crippen molar-refractivity contribution < 1.29 is 9.59 Å². The number of aromatic nitrogens is 2. The van der Waals surface area contributed by atoms with E-state index in [1.165, 1.54) is 0 Å². The molecule has 0 unspecified atom stereocenters. The van der Waals surface area contributed by atoms with Crippen LogP contribution in [0.3, 0.4) is 0 Å². The Morgan fingerprint density at radius 3 is 2.50 bits per heavy atom. The molecule has 6 nitrogen and oxygen atoms in total. The van der Waals surface area contributed by atoms with Gasteiger partial charge in [-0.25, -0.2) is 0 Å². The number of rotatable bonds is 7. The molecular formula is C18H30N4O2. The SMILES string of the molecule is Cc1nn(CC(C)C)c(C)c1CCC(=O)NCC(=O)N1CCCC1. The summed E-state index contributed by atoms with van der Waals surface area (Å²) in [6.45, 7) is 11.0. The van der Waals surface area contributed by atoms with E-state index < -0.39 is 0 Å². The number of aryl methyl sites for hydroxylation is 1. The number of amides is 2. The normalized spacial score (nSPS) is 14.5. The van der Waals surface area contributed by atoms with Crippen LogP contribution in [0.15, 0.2) is 0 Å². The van der Waals surface area contributed by atoms with E-state index in [-0.39, 0.29) is 18.4 Å². The van der Waals surface area contributed by atoms with Gasteiger partial charge in [0, 0.05) is 31.7 Å². The molecule has 0 bridgehead atoms. The maximum Gasteiger partial charge on any atom is 0.241 e. The van der Waals surface area contributed by atoms with Gasteiger partial charge in [-0.1, -0.05) is 13.8 Å². The maximum atomic E-state index is 12.0. The second kappa shape index (κ2) is 8.31. The van der Waals surface area contributed by atoms with Crippen LogP contribution in [0.4, 0.5) is 0 Å². The third-order valence-electron chi connectivity index (χ3n) is 4.57. The fourth-order valence-corrected chi connectivity index (χ4v) is 3.20. The van der Waals surface area contributed by atoms with Crippen LogP contribution in [-0.2, 0) is 22.6 Å². The number of hydrogen-bond donors (Lipinski definition) is 1. The van der Waals surface area contributed by atoms with E-state index in [9.17, 15) is 9.59 Å². The number of carbonyl (C=O) groups is 2. The van der Waals surface area contributed by atoms with Crippen molar-refractivity contribution in [2.45, 2.75) is 59.9 Å². The molecule has 1 aliphatic rings. The van der Waals surface area contributed by atoms with Crippen molar-refractivity contribution in [2.24, 2.45) is 5.92 Å². The van der Waals surface area contributed by atoms with Crippen molar-refractivity contribution in [2.75, 3.05) is 19.6 Å². The fraction of sp³-hybridized carbons (Fsp3) is 0.722. The molecule has 2 rings (SSSR count). The molecule has 6 heteroatoms. The fourth-order valence-electron chi connectivity index (χ4n) is 3.20. The summed E-state index contributed by atoms with van der Waals surface area (Å²) < 4.78 is 2.03. The third kappa shape index (κ3) is 4.82. The first-order chi connectivity index (χ1) is 11.4. The molecule has 134 valence electrons. The Morgan fingerprint density at radius 1 is 1.21 bits per heavy atom. The van der Waals surface area contributed by atoms with Crippen LogP contribution in [0.5, 0.6) is 0 Å². The number of carbonyl (C=O) groups excluding carboxylic acids is 2. The van der Waals surface area contributed by atoms with E-state index in [1.54, 1.807) is 0 Å². The highest BCUT2D eigenvalue weighted by Crippen LogP contribution is 2.16. The lowest BCUT2D eigenvalue weighted by molar-refractivity contribution is -0.132. The predicted molar refractivity (Wildman–Crippen MR) is 93.7 cm³/mol. The Bertz CT molecular complexity index is 586. The molecule has 2 heterocycles. The van der Waals surface area contributed by atoms with Gasteiger partial charge in [-0.3, -0.25) is 14.3 Å². The Hall–Kier alpha value is -1.85. The van der Waals surface area contributed by atoms with E-state index in [2.05, 4.69) is 31.2 Å². The second-order valence-electron chi connectivity index (χ2n) is 7.09. The average molecular weight is 334 g/mol. The zero-order valence-corrected chi connectivity index (χ0v) is 15.4. The lowest BCUT2D eigenvalue weighted by Crippen LogP contribution is -2.38. The molecule has 1 aromatic rings. The van der Waals surface area contributed by atoms with Crippen LogP contribution < -0.4 is 5.32 Å². The monoisotopic (exact) mass is 334 g/mol. The standard InChI is InChI=1S/C18H30N4O2/c1-13(2)12-22-15(4)16(14(3)20-22)7-8-17(23)19-11-18(24)21-9-5-6-10-21/h13H,5-12H2,1-4H3,(H,19,23). The van der Waals surface area contributed by atoms with Crippen molar-refractivity contribution in [1.82, 2.24) is 20.0 Å². The first-order valence-corrected chi connectivity index (χ1v) is 8.95. The minimum atomic E-state index is -0.0713. The second-order valence-corrected chi connectivity index (χ2v) is 7.09. The van der Waals surface area contributed by atoms with Gasteiger partial charge < -0.3 is 10.2 Å². The first kappa shape index (κ1) is 18.5. The predicted octanol–water partition coefficient (Wildman–Crippen LogP) is 1.83. The summed E-state index contributed by atoms with van der Waals surface area (Å²) in [5.74, 6) is 0.492. The molecule has 0 spiro atoms.